The van der Waals surface area contributed by atoms with E-state index in [0.29, 0.717) is 11.8 Å². The first-order valence-electron chi connectivity index (χ1n) is 9.09. The number of carbonyl (C=O) groups is 1. The van der Waals surface area contributed by atoms with Gasteiger partial charge in [-0.3, -0.25) is 9.36 Å². The highest BCUT2D eigenvalue weighted by atomic mass is 32.2. The van der Waals surface area contributed by atoms with Gasteiger partial charge in [0.1, 0.15) is 5.82 Å². The second-order valence-electron chi connectivity index (χ2n) is 6.75. The van der Waals surface area contributed by atoms with E-state index in [1.54, 1.807) is 12.1 Å². The smallest absolute Gasteiger partial charge is 0.232 e. The van der Waals surface area contributed by atoms with Gasteiger partial charge in [-0.1, -0.05) is 31.0 Å². The minimum atomic E-state index is -0.255. The maximum atomic E-state index is 13.1. The molecule has 1 fully saturated rings. The van der Waals surface area contributed by atoms with Gasteiger partial charge in [-0.2, -0.15) is 0 Å². The minimum absolute atomic E-state index is 0.0626. The normalized spacial score (nSPS) is 17.3. The lowest BCUT2D eigenvalue weighted by Crippen LogP contribution is -2.37. The van der Waals surface area contributed by atoms with Gasteiger partial charge in [0.25, 0.3) is 0 Å². The molecule has 0 unspecified atom stereocenters. The predicted octanol–water partition coefficient (Wildman–Crippen LogP) is 3.11. The Balaban J connectivity index is 1.37. The largest absolute Gasteiger partial charge is 0.353 e. The van der Waals surface area contributed by atoms with E-state index in [2.05, 4.69) is 15.5 Å². The second kappa shape index (κ2) is 7.65. The molecular formula is C18H22FN5OS. The van der Waals surface area contributed by atoms with Gasteiger partial charge in [-0.15, -0.1) is 10.2 Å². The van der Waals surface area contributed by atoms with Gasteiger partial charge >= 0.3 is 0 Å². The van der Waals surface area contributed by atoms with E-state index in [9.17, 15) is 9.18 Å². The minimum Gasteiger partial charge on any atom is -0.353 e. The molecule has 4 rings (SSSR count). The molecule has 0 saturated heterocycles. The molecule has 1 aromatic heterocycles. The van der Waals surface area contributed by atoms with Gasteiger partial charge < -0.3 is 10.2 Å². The summed E-state index contributed by atoms with van der Waals surface area (Å²) in [6, 6.07) is 6.70. The van der Waals surface area contributed by atoms with Crippen molar-refractivity contribution >= 4 is 29.3 Å². The van der Waals surface area contributed by atoms with Gasteiger partial charge in [0.2, 0.25) is 11.9 Å². The highest BCUT2D eigenvalue weighted by molar-refractivity contribution is 7.99. The average Bonchev–Trinajstić information content (AvgIpc) is 3.24. The van der Waals surface area contributed by atoms with Crippen LogP contribution in [0.25, 0.3) is 0 Å². The molecule has 2 aromatic rings. The number of nitrogens with zero attached hydrogens (tertiary/aromatic N) is 4. The van der Waals surface area contributed by atoms with Gasteiger partial charge in [-0.25, -0.2) is 4.39 Å². The van der Waals surface area contributed by atoms with Crippen LogP contribution >= 0.6 is 11.8 Å². The molecule has 2 aliphatic rings. The van der Waals surface area contributed by atoms with Crippen LogP contribution in [-0.4, -0.2) is 39.0 Å². The van der Waals surface area contributed by atoms with Crippen LogP contribution in [0.3, 0.4) is 0 Å². The van der Waals surface area contributed by atoms with E-state index in [0.717, 1.165) is 42.7 Å². The van der Waals surface area contributed by atoms with E-state index in [1.807, 2.05) is 9.47 Å². The van der Waals surface area contributed by atoms with E-state index >= 15 is 0 Å². The Hall–Kier alpha value is -2.09. The van der Waals surface area contributed by atoms with Crippen molar-refractivity contribution in [2.45, 2.75) is 49.8 Å². The SMILES string of the molecule is O=C(CSc1nnc2n1CCN2c1ccc(F)cc1)NC1CCCCC1. The Bertz CT molecular complexity index is 772. The van der Waals surface area contributed by atoms with Crippen LogP contribution in [0.5, 0.6) is 0 Å². The Morgan fingerprint density at radius 1 is 1.15 bits per heavy atom. The summed E-state index contributed by atoms with van der Waals surface area (Å²) in [6.07, 6.45) is 5.86. The Kier molecular flexibility index (Phi) is 5.10. The molecule has 0 atom stereocenters. The van der Waals surface area contributed by atoms with Crippen molar-refractivity contribution in [3.8, 4) is 0 Å². The van der Waals surface area contributed by atoms with E-state index in [-0.39, 0.29) is 11.7 Å². The van der Waals surface area contributed by atoms with Crippen LogP contribution in [0.4, 0.5) is 16.0 Å². The average molecular weight is 375 g/mol. The summed E-state index contributed by atoms with van der Waals surface area (Å²) in [4.78, 5) is 14.2. The second-order valence-corrected chi connectivity index (χ2v) is 7.70. The molecule has 1 aliphatic heterocycles. The number of thioether (sulfide) groups is 1. The third kappa shape index (κ3) is 3.70. The third-order valence-electron chi connectivity index (χ3n) is 4.93. The fourth-order valence-electron chi connectivity index (χ4n) is 3.60. The summed E-state index contributed by atoms with van der Waals surface area (Å²) >= 11 is 1.42. The number of hydrogen-bond acceptors (Lipinski definition) is 5. The van der Waals surface area contributed by atoms with Gasteiger partial charge in [0.15, 0.2) is 5.16 Å². The standard InChI is InChI=1S/C18H22FN5OS/c19-13-6-8-15(9-7-13)23-10-11-24-17(23)21-22-18(24)26-12-16(25)20-14-4-2-1-3-5-14/h6-9,14H,1-5,10-12H2,(H,20,25). The number of halogens is 1. The molecule has 1 amide bonds. The van der Waals surface area contributed by atoms with Crippen molar-refractivity contribution in [1.29, 1.82) is 0 Å². The van der Waals surface area contributed by atoms with Crippen LogP contribution < -0.4 is 10.2 Å². The van der Waals surface area contributed by atoms with Crippen molar-refractivity contribution in [1.82, 2.24) is 20.1 Å². The Morgan fingerprint density at radius 3 is 2.69 bits per heavy atom. The molecular weight excluding hydrogens is 353 g/mol. The molecule has 1 aromatic carbocycles. The number of hydrogen-bond donors (Lipinski definition) is 1. The van der Waals surface area contributed by atoms with E-state index in [4.69, 9.17) is 0 Å². The lowest BCUT2D eigenvalue weighted by molar-refractivity contribution is -0.119. The Labute approximate surface area is 156 Å². The molecule has 1 aliphatic carbocycles. The lowest BCUT2D eigenvalue weighted by atomic mass is 9.95. The van der Waals surface area contributed by atoms with Gasteiger partial charge in [-0.05, 0) is 37.1 Å². The summed E-state index contributed by atoms with van der Waals surface area (Å²) in [5.74, 6) is 0.902. The van der Waals surface area contributed by atoms with Crippen molar-refractivity contribution in [2.75, 3.05) is 17.2 Å². The quantitative estimate of drug-likeness (QED) is 0.814. The van der Waals surface area contributed by atoms with Crippen LogP contribution in [0.1, 0.15) is 32.1 Å². The molecule has 0 radical (unpaired) electrons. The number of anilines is 2. The molecule has 6 nitrogen and oxygen atoms in total. The highest BCUT2D eigenvalue weighted by Crippen LogP contribution is 2.32. The lowest BCUT2D eigenvalue weighted by Gasteiger charge is -2.22. The molecule has 1 saturated carbocycles. The number of amides is 1. The number of rotatable bonds is 5. The van der Waals surface area contributed by atoms with E-state index < -0.39 is 0 Å². The highest BCUT2D eigenvalue weighted by Gasteiger charge is 2.26. The summed E-state index contributed by atoms with van der Waals surface area (Å²) in [5.41, 5.74) is 0.893. The molecule has 1 N–H and O–H groups in total. The summed E-state index contributed by atoms with van der Waals surface area (Å²) < 4.78 is 15.1. The third-order valence-corrected chi connectivity index (χ3v) is 5.89. The van der Waals surface area contributed by atoms with Crippen molar-refractivity contribution in [3.05, 3.63) is 30.1 Å². The number of benzene rings is 1. The number of fused-ring (bicyclic) bond motifs is 1. The van der Waals surface area contributed by atoms with Crippen LogP contribution in [0, 0.1) is 5.82 Å². The van der Waals surface area contributed by atoms with Crippen LogP contribution in [0.2, 0.25) is 0 Å². The number of carbonyl (C=O) groups excluding carboxylic acids is 1. The first-order valence-corrected chi connectivity index (χ1v) is 10.1. The number of aromatic nitrogens is 3. The zero-order valence-electron chi connectivity index (χ0n) is 14.5. The molecule has 2 heterocycles. The van der Waals surface area contributed by atoms with Crippen LogP contribution in [-0.2, 0) is 11.3 Å². The summed E-state index contributed by atoms with van der Waals surface area (Å²) in [7, 11) is 0. The molecule has 0 spiro atoms. The molecule has 26 heavy (non-hydrogen) atoms. The monoisotopic (exact) mass is 375 g/mol. The first kappa shape index (κ1) is 17.3. The van der Waals surface area contributed by atoms with Crippen molar-refractivity contribution in [2.24, 2.45) is 0 Å². The summed E-state index contributed by atoms with van der Waals surface area (Å²) in [6.45, 7) is 1.52. The van der Waals surface area contributed by atoms with Gasteiger partial charge in [0, 0.05) is 24.8 Å². The molecule has 8 heteroatoms. The topological polar surface area (TPSA) is 63.1 Å². The number of nitrogens with one attached hydrogen (secondary N) is 1. The Morgan fingerprint density at radius 2 is 1.92 bits per heavy atom. The fourth-order valence-corrected chi connectivity index (χ4v) is 4.37. The fraction of sp³-hybridized carbons (Fsp3) is 0.500. The predicted molar refractivity (Wildman–Crippen MR) is 99.2 cm³/mol. The maximum absolute atomic E-state index is 13.1. The van der Waals surface area contributed by atoms with Crippen molar-refractivity contribution in [3.63, 3.8) is 0 Å². The van der Waals surface area contributed by atoms with E-state index in [1.165, 1.54) is 43.2 Å². The first-order chi connectivity index (χ1) is 12.7. The van der Waals surface area contributed by atoms with Gasteiger partial charge in [0.05, 0.1) is 5.75 Å². The van der Waals surface area contributed by atoms with Crippen molar-refractivity contribution < 1.29 is 9.18 Å². The molecule has 0 bridgehead atoms. The zero-order chi connectivity index (χ0) is 17.9. The molecule has 138 valence electrons. The maximum Gasteiger partial charge on any atom is 0.232 e. The van der Waals surface area contributed by atoms with Crippen LogP contribution in [0.15, 0.2) is 29.4 Å². The summed E-state index contributed by atoms with van der Waals surface area (Å²) in [5, 5.41) is 12.4. The zero-order valence-corrected chi connectivity index (χ0v) is 15.3.